The predicted octanol–water partition coefficient (Wildman–Crippen LogP) is 3.17. The third-order valence-electron chi connectivity index (χ3n) is 7.49. The van der Waals surface area contributed by atoms with Crippen molar-refractivity contribution in [1.82, 2.24) is 15.2 Å². The zero-order valence-corrected chi connectivity index (χ0v) is 26.1. The Hall–Kier alpha value is -3.04. The molecule has 43 heavy (non-hydrogen) atoms. The number of hydrogen-bond acceptors (Lipinski definition) is 8. The number of aromatic nitrogens is 1. The lowest BCUT2D eigenvalue weighted by Crippen LogP contribution is -2.50. The number of benzene rings is 3. The minimum absolute atomic E-state index is 0.117. The van der Waals surface area contributed by atoms with Gasteiger partial charge in [0, 0.05) is 32.6 Å². The van der Waals surface area contributed by atoms with Crippen molar-refractivity contribution in [2.45, 2.75) is 24.6 Å². The van der Waals surface area contributed by atoms with E-state index in [1.54, 1.807) is 24.3 Å². The Bertz CT molecular complexity index is 1720. The molecule has 4 N–H and O–H groups in total. The van der Waals surface area contributed by atoms with Gasteiger partial charge in [-0.2, -0.15) is 0 Å². The summed E-state index contributed by atoms with van der Waals surface area (Å²) in [5.74, 6) is -1.31. The maximum atomic E-state index is 13.7. The van der Waals surface area contributed by atoms with Crippen LogP contribution in [0.3, 0.4) is 0 Å². The van der Waals surface area contributed by atoms with Crippen LogP contribution in [0.2, 0.25) is 0 Å². The van der Waals surface area contributed by atoms with Crippen molar-refractivity contribution in [3.8, 4) is 11.1 Å². The number of fused-ring (bicyclic) bond motifs is 1. The molecular weight excluding hydrogens is 609 g/mol. The number of rotatable bonds is 11. The van der Waals surface area contributed by atoms with Gasteiger partial charge in [0.1, 0.15) is 5.01 Å². The Morgan fingerprint density at radius 1 is 1.12 bits per heavy atom. The normalized spacial score (nSPS) is 16.5. The number of nitrogens with two attached hydrogens (primary N) is 1. The molecule has 1 aliphatic heterocycles. The van der Waals surface area contributed by atoms with Crippen LogP contribution < -0.4 is 10.5 Å². The van der Waals surface area contributed by atoms with E-state index in [1.165, 1.54) is 16.9 Å². The molecule has 0 bridgehead atoms. The molecule has 5 rings (SSSR count). The molecule has 3 aromatic carbocycles. The Morgan fingerprint density at radius 2 is 1.81 bits per heavy atom. The van der Waals surface area contributed by atoms with Crippen LogP contribution in [-0.4, -0.2) is 71.6 Å². The van der Waals surface area contributed by atoms with Gasteiger partial charge in [0.05, 0.1) is 29.2 Å². The molecule has 1 aromatic heterocycles. The summed E-state index contributed by atoms with van der Waals surface area (Å²) < 4.78 is 50.9. The van der Waals surface area contributed by atoms with Gasteiger partial charge in [-0.15, -0.1) is 11.3 Å². The number of morpholine rings is 1. The van der Waals surface area contributed by atoms with E-state index in [0.717, 1.165) is 54.2 Å². The van der Waals surface area contributed by atoms with E-state index in [-0.39, 0.29) is 18.0 Å². The van der Waals surface area contributed by atoms with Gasteiger partial charge in [0.15, 0.2) is 11.1 Å². The number of nitrogens with zero attached hydrogens (tertiary/aromatic N) is 2. The number of aryl methyl sites for hydroxylation is 1. The molecule has 1 aliphatic rings. The van der Waals surface area contributed by atoms with E-state index in [1.807, 2.05) is 25.1 Å². The minimum Gasteiger partial charge on any atom is -0.379 e. The van der Waals surface area contributed by atoms with E-state index < -0.39 is 37.5 Å². The van der Waals surface area contributed by atoms with Gasteiger partial charge >= 0.3 is 0 Å². The molecule has 0 saturated carbocycles. The number of ether oxygens (including phenoxy) is 1. The van der Waals surface area contributed by atoms with Crippen molar-refractivity contribution in [2.24, 2.45) is 5.14 Å². The van der Waals surface area contributed by atoms with Gasteiger partial charge < -0.3 is 14.6 Å². The smallest absolute Gasteiger partial charge is 0.248 e. The highest BCUT2D eigenvalue weighted by molar-refractivity contribution is 7.89. The molecular formula is C30H34N4O6S3. The Balaban J connectivity index is 1.49. The van der Waals surface area contributed by atoms with Crippen LogP contribution >= 0.6 is 11.3 Å². The predicted molar refractivity (Wildman–Crippen MR) is 169 cm³/mol. The van der Waals surface area contributed by atoms with Crippen LogP contribution in [0.5, 0.6) is 0 Å². The summed E-state index contributed by atoms with van der Waals surface area (Å²) in [6.45, 7) is 5.88. The van der Waals surface area contributed by atoms with Crippen LogP contribution in [0.1, 0.15) is 21.7 Å². The Kier molecular flexibility index (Phi) is 9.71. The fourth-order valence-corrected chi connectivity index (χ4v) is 7.68. The summed E-state index contributed by atoms with van der Waals surface area (Å²) in [6, 6.07) is 21.2. The number of hydrogen-bond donors (Lipinski definition) is 3. The molecule has 228 valence electrons. The maximum Gasteiger partial charge on any atom is 0.248 e. The first-order valence-corrected chi connectivity index (χ1v) is 17.4. The van der Waals surface area contributed by atoms with Crippen LogP contribution in [0.15, 0.2) is 66.7 Å². The standard InChI is InChI=1S/C30H34N4O6S3/c1-21-17-26-27(18-25(21)24-9-7-23(8-10-24)20-34-12-14-40-15-13-34)41-29(33-26)30(42(36)37,19-22-5-3-2-4-6-22)28(35)32-11-16-43(31,38)39/h2-10,17-18H,11-16,19-20H2,1H3,(H,32,35)(H,36,37)(H2,31,38,39). The monoisotopic (exact) mass is 642 g/mol. The lowest BCUT2D eigenvalue weighted by molar-refractivity contribution is -0.123. The second-order valence-corrected chi connectivity index (χ2v) is 14.6. The van der Waals surface area contributed by atoms with Gasteiger partial charge in [-0.25, -0.2) is 22.7 Å². The zero-order chi connectivity index (χ0) is 30.6. The van der Waals surface area contributed by atoms with Crippen molar-refractivity contribution < 1.29 is 26.7 Å². The van der Waals surface area contributed by atoms with Gasteiger partial charge in [0.2, 0.25) is 20.7 Å². The molecule has 0 aliphatic carbocycles. The number of carbonyl (C=O) groups is 1. The van der Waals surface area contributed by atoms with Crippen molar-refractivity contribution in [1.29, 1.82) is 0 Å². The van der Waals surface area contributed by atoms with E-state index in [9.17, 15) is 22.0 Å². The fourth-order valence-electron chi connectivity index (χ4n) is 5.17. The molecule has 4 aromatic rings. The van der Waals surface area contributed by atoms with E-state index in [0.29, 0.717) is 11.1 Å². The van der Waals surface area contributed by atoms with Crippen molar-refractivity contribution in [3.63, 3.8) is 0 Å². The van der Waals surface area contributed by atoms with Gasteiger partial charge in [0.25, 0.3) is 0 Å². The highest BCUT2D eigenvalue weighted by atomic mass is 32.2. The van der Waals surface area contributed by atoms with Crippen LogP contribution in [0.25, 0.3) is 21.3 Å². The first kappa shape index (κ1) is 31.4. The minimum atomic E-state index is -3.85. The molecule has 0 spiro atoms. The second kappa shape index (κ2) is 13.3. The molecule has 1 saturated heterocycles. The number of nitrogens with one attached hydrogen (secondary N) is 1. The molecule has 10 nitrogen and oxygen atoms in total. The van der Waals surface area contributed by atoms with Crippen LogP contribution in [0, 0.1) is 6.92 Å². The molecule has 1 amide bonds. The van der Waals surface area contributed by atoms with Crippen molar-refractivity contribution in [3.05, 3.63) is 88.4 Å². The van der Waals surface area contributed by atoms with Gasteiger partial charge in [-0.3, -0.25) is 9.69 Å². The lowest BCUT2D eigenvalue weighted by Gasteiger charge is -2.27. The molecule has 2 heterocycles. The highest BCUT2D eigenvalue weighted by Gasteiger charge is 2.49. The quantitative estimate of drug-likeness (QED) is 0.211. The number of primary sulfonamides is 1. The number of carbonyl (C=O) groups excluding carboxylic acids is 1. The summed E-state index contributed by atoms with van der Waals surface area (Å²) in [5.41, 5.74) is 5.47. The van der Waals surface area contributed by atoms with E-state index in [4.69, 9.17) is 14.9 Å². The zero-order valence-electron chi connectivity index (χ0n) is 23.7. The van der Waals surface area contributed by atoms with Crippen molar-refractivity contribution >= 4 is 48.6 Å². The third-order valence-corrected chi connectivity index (χ3v) is 10.7. The summed E-state index contributed by atoms with van der Waals surface area (Å²) in [5, 5.41) is 7.77. The highest BCUT2D eigenvalue weighted by Crippen LogP contribution is 2.39. The Morgan fingerprint density at radius 3 is 2.47 bits per heavy atom. The average molecular weight is 643 g/mol. The number of amides is 1. The second-order valence-electron chi connectivity index (χ2n) is 10.6. The third kappa shape index (κ3) is 7.37. The summed E-state index contributed by atoms with van der Waals surface area (Å²) in [4.78, 5) is 20.7. The average Bonchev–Trinajstić information content (AvgIpc) is 3.39. The Labute approximate surface area is 257 Å². The number of thiazole rings is 1. The SMILES string of the molecule is Cc1cc2nc(C(Cc3ccccc3)(C(=O)NCCS(N)(=O)=O)S(=O)O)sc2cc1-c1ccc(CN2CCOCC2)cc1. The van der Waals surface area contributed by atoms with E-state index >= 15 is 0 Å². The van der Waals surface area contributed by atoms with Crippen molar-refractivity contribution in [2.75, 3.05) is 38.6 Å². The summed E-state index contributed by atoms with van der Waals surface area (Å²) in [6.07, 6.45) is -0.117. The molecule has 0 radical (unpaired) electrons. The number of sulfonamides is 1. The lowest BCUT2D eigenvalue weighted by atomic mass is 9.97. The molecule has 2 unspecified atom stereocenters. The van der Waals surface area contributed by atoms with Gasteiger partial charge in [-0.1, -0.05) is 54.6 Å². The van der Waals surface area contributed by atoms with Crippen LogP contribution in [-0.2, 0) is 48.3 Å². The maximum absolute atomic E-state index is 13.7. The molecule has 1 fully saturated rings. The fraction of sp³-hybridized carbons (Fsp3) is 0.333. The molecule has 2 atom stereocenters. The van der Waals surface area contributed by atoms with Gasteiger partial charge in [-0.05, 0) is 46.9 Å². The summed E-state index contributed by atoms with van der Waals surface area (Å²) >= 11 is -1.53. The topological polar surface area (TPSA) is 152 Å². The first-order chi connectivity index (χ1) is 20.5. The van der Waals surface area contributed by atoms with Crippen LogP contribution in [0.4, 0.5) is 0 Å². The van der Waals surface area contributed by atoms with E-state index in [2.05, 4.69) is 34.5 Å². The summed E-state index contributed by atoms with van der Waals surface area (Å²) in [7, 11) is -3.85. The largest absolute Gasteiger partial charge is 0.379 e. The molecule has 13 heteroatoms. The first-order valence-electron chi connectivity index (χ1n) is 13.8.